The zero-order valence-corrected chi connectivity index (χ0v) is 11.0. The summed E-state index contributed by atoms with van der Waals surface area (Å²) < 4.78 is 10.7. The van der Waals surface area contributed by atoms with Crippen LogP contribution in [0, 0.1) is 0 Å². The second-order valence-corrected chi connectivity index (χ2v) is 5.28. The molecule has 0 bridgehead atoms. The van der Waals surface area contributed by atoms with Gasteiger partial charge in [-0.05, 0) is 36.1 Å². The lowest BCUT2D eigenvalue weighted by atomic mass is 10.2. The van der Waals surface area contributed by atoms with E-state index < -0.39 is 0 Å². The van der Waals surface area contributed by atoms with Gasteiger partial charge in [0.25, 0.3) is 0 Å². The molecule has 18 heavy (non-hydrogen) atoms. The Balaban J connectivity index is 1.63. The van der Waals surface area contributed by atoms with Crippen molar-refractivity contribution in [2.24, 2.45) is 0 Å². The van der Waals surface area contributed by atoms with E-state index in [1.54, 1.807) is 11.3 Å². The number of hydrogen-bond acceptors (Lipinski definition) is 4. The monoisotopic (exact) mass is 261 g/mol. The molecule has 2 heterocycles. The molecule has 3 nitrogen and oxygen atoms in total. The average Bonchev–Trinajstić information content (AvgIpc) is 3.05. The molecule has 1 N–H and O–H groups in total. The van der Waals surface area contributed by atoms with Crippen molar-refractivity contribution < 1.29 is 9.47 Å². The maximum atomic E-state index is 5.37. The molecule has 2 aromatic rings. The Morgan fingerprint density at radius 1 is 1.28 bits per heavy atom. The van der Waals surface area contributed by atoms with Crippen LogP contribution in [0.2, 0.25) is 0 Å². The third-order valence-electron chi connectivity index (χ3n) is 3.02. The van der Waals surface area contributed by atoms with Crippen molar-refractivity contribution in [1.29, 1.82) is 0 Å². The van der Waals surface area contributed by atoms with Crippen LogP contribution in [0.25, 0.3) is 0 Å². The van der Waals surface area contributed by atoms with Crippen LogP contribution in [0.5, 0.6) is 11.5 Å². The van der Waals surface area contributed by atoms with Crippen molar-refractivity contribution in [3.05, 3.63) is 46.2 Å². The number of nitrogens with one attached hydrogen (secondary N) is 1. The predicted octanol–water partition coefficient (Wildman–Crippen LogP) is 3.33. The van der Waals surface area contributed by atoms with Crippen LogP contribution >= 0.6 is 11.3 Å². The van der Waals surface area contributed by atoms with Gasteiger partial charge in [-0.25, -0.2) is 0 Å². The van der Waals surface area contributed by atoms with E-state index in [1.807, 2.05) is 12.1 Å². The Morgan fingerprint density at radius 3 is 3.00 bits per heavy atom. The van der Waals surface area contributed by atoms with E-state index in [9.17, 15) is 0 Å². The SMILES string of the molecule is C[C@H](NCc1ccc2c(c1)OCO2)c1cccs1. The Labute approximate surface area is 110 Å². The van der Waals surface area contributed by atoms with E-state index in [0.29, 0.717) is 12.8 Å². The van der Waals surface area contributed by atoms with E-state index in [1.165, 1.54) is 10.4 Å². The first-order valence-electron chi connectivity index (χ1n) is 5.98. The van der Waals surface area contributed by atoms with Gasteiger partial charge in [-0.3, -0.25) is 0 Å². The summed E-state index contributed by atoms with van der Waals surface area (Å²) in [5.41, 5.74) is 1.21. The Bertz CT molecular complexity index is 525. The summed E-state index contributed by atoms with van der Waals surface area (Å²) in [7, 11) is 0. The molecule has 0 aliphatic carbocycles. The Hall–Kier alpha value is -1.52. The molecule has 0 fully saturated rings. The van der Waals surface area contributed by atoms with Crippen molar-refractivity contribution in [3.63, 3.8) is 0 Å². The first kappa shape index (κ1) is 11.6. The number of rotatable bonds is 4. The van der Waals surface area contributed by atoms with E-state index in [2.05, 4.69) is 35.8 Å². The van der Waals surface area contributed by atoms with Gasteiger partial charge in [-0.1, -0.05) is 12.1 Å². The van der Waals surface area contributed by atoms with Gasteiger partial charge in [0, 0.05) is 17.5 Å². The molecule has 4 heteroatoms. The summed E-state index contributed by atoms with van der Waals surface area (Å²) in [6.45, 7) is 3.34. The molecule has 1 aromatic heterocycles. The molecule has 0 spiro atoms. The summed E-state index contributed by atoms with van der Waals surface area (Å²) in [6.07, 6.45) is 0. The fraction of sp³-hybridized carbons (Fsp3) is 0.286. The first-order valence-corrected chi connectivity index (χ1v) is 6.86. The molecular formula is C14H15NO2S. The third kappa shape index (κ3) is 2.35. The second kappa shape index (κ2) is 5.00. The van der Waals surface area contributed by atoms with Crippen LogP contribution in [-0.4, -0.2) is 6.79 Å². The van der Waals surface area contributed by atoms with Crippen molar-refractivity contribution in [3.8, 4) is 11.5 Å². The van der Waals surface area contributed by atoms with Crippen LogP contribution in [0.4, 0.5) is 0 Å². The van der Waals surface area contributed by atoms with Gasteiger partial charge in [0.15, 0.2) is 11.5 Å². The van der Waals surface area contributed by atoms with Gasteiger partial charge in [0.05, 0.1) is 0 Å². The van der Waals surface area contributed by atoms with E-state index >= 15 is 0 Å². The zero-order valence-electron chi connectivity index (χ0n) is 10.2. The van der Waals surface area contributed by atoms with Gasteiger partial charge in [-0.2, -0.15) is 0 Å². The van der Waals surface area contributed by atoms with Crippen LogP contribution < -0.4 is 14.8 Å². The number of ether oxygens (including phenoxy) is 2. The Kier molecular flexibility index (Phi) is 3.21. The highest BCUT2D eigenvalue weighted by Crippen LogP contribution is 2.32. The topological polar surface area (TPSA) is 30.5 Å². The maximum absolute atomic E-state index is 5.37. The molecule has 1 aromatic carbocycles. The van der Waals surface area contributed by atoms with Gasteiger partial charge in [0.1, 0.15) is 0 Å². The molecule has 0 saturated heterocycles. The number of benzene rings is 1. The van der Waals surface area contributed by atoms with Crippen molar-refractivity contribution >= 4 is 11.3 Å². The molecule has 94 valence electrons. The highest BCUT2D eigenvalue weighted by Gasteiger charge is 2.13. The van der Waals surface area contributed by atoms with Gasteiger partial charge < -0.3 is 14.8 Å². The predicted molar refractivity (Wildman–Crippen MR) is 72.1 cm³/mol. The number of thiophene rings is 1. The van der Waals surface area contributed by atoms with Gasteiger partial charge in [-0.15, -0.1) is 11.3 Å². The second-order valence-electron chi connectivity index (χ2n) is 4.31. The van der Waals surface area contributed by atoms with Crippen LogP contribution in [-0.2, 0) is 6.54 Å². The molecular weight excluding hydrogens is 246 g/mol. The van der Waals surface area contributed by atoms with Crippen molar-refractivity contribution in [2.75, 3.05) is 6.79 Å². The summed E-state index contributed by atoms with van der Waals surface area (Å²) in [5.74, 6) is 1.68. The normalized spacial score (nSPS) is 14.7. The lowest BCUT2D eigenvalue weighted by Crippen LogP contribution is -2.17. The highest BCUT2D eigenvalue weighted by molar-refractivity contribution is 7.10. The minimum absolute atomic E-state index is 0.331. The summed E-state index contributed by atoms with van der Waals surface area (Å²) >= 11 is 1.78. The standard InChI is InChI=1S/C14H15NO2S/c1-10(14-3-2-6-18-14)15-8-11-4-5-12-13(7-11)17-9-16-12/h2-7,10,15H,8-9H2,1H3/t10-/m0/s1. The summed E-state index contributed by atoms with van der Waals surface area (Å²) in [5, 5.41) is 5.61. The van der Waals surface area contributed by atoms with Crippen LogP contribution in [0.1, 0.15) is 23.4 Å². The van der Waals surface area contributed by atoms with Crippen molar-refractivity contribution in [2.45, 2.75) is 19.5 Å². The van der Waals surface area contributed by atoms with Gasteiger partial charge >= 0.3 is 0 Å². The van der Waals surface area contributed by atoms with Gasteiger partial charge in [0.2, 0.25) is 6.79 Å². The molecule has 0 amide bonds. The molecule has 0 saturated carbocycles. The lowest BCUT2D eigenvalue weighted by molar-refractivity contribution is 0.174. The van der Waals surface area contributed by atoms with Crippen LogP contribution in [0.15, 0.2) is 35.7 Å². The maximum Gasteiger partial charge on any atom is 0.231 e. The molecule has 1 aliphatic heterocycles. The fourth-order valence-electron chi connectivity index (χ4n) is 1.96. The zero-order chi connectivity index (χ0) is 12.4. The Morgan fingerprint density at radius 2 is 2.17 bits per heavy atom. The summed E-state index contributed by atoms with van der Waals surface area (Å²) in [4.78, 5) is 1.36. The van der Waals surface area contributed by atoms with E-state index in [0.717, 1.165) is 18.0 Å². The summed E-state index contributed by atoms with van der Waals surface area (Å²) in [6, 6.07) is 10.7. The minimum Gasteiger partial charge on any atom is -0.454 e. The average molecular weight is 261 g/mol. The number of fused-ring (bicyclic) bond motifs is 1. The van der Waals surface area contributed by atoms with Crippen molar-refractivity contribution in [1.82, 2.24) is 5.32 Å². The molecule has 0 radical (unpaired) electrons. The highest BCUT2D eigenvalue weighted by atomic mass is 32.1. The third-order valence-corrected chi connectivity index (χ3v) is 4.07. The molecule has 1 atom stereocenters. The fourth-order valence-corrected chi connectivity index (χ4v) is 2.72. The molecule has 1 aliphatic rings. The lowest BCUT2D eigenvalue weighted by Gasteiger charge is -2.12. The molecule has 3 rings (SSSR count). The van der Waals surface area contributed by atoms with E-state index in [-0.39, 0.29) is 0 Å². The van der Waals surface area contributed by atoms with E-state index in [4.69, 9.17) is 9.47 Å². The largest absolute Gasteiger partial charge is 0.454 e. The van der Waals surface area contributed by atoms with Crippen LogP contribution in [0.3, 0.4) is 0 Å². The minimum atomic E-state index is 0.331. The molecule has 0 unspecified atom stereocenters. The first-order chi connectivity index (χ1) is 8.83. The number of hydrogen-bond donors (Lipinski definition) is 1. The smallest absolute Gasteiger partial charge is 0.231 e. The quantitative estimate of drug-likeness (QED) is 0.915.